The number of ether oxygens (including phenoxy) is 2. The molecule has 1 N–H and O–H groups in total. The quantitative estimate of drug-likeness (QED) is 0.652. The highest BCUT2D eigenvalue weighted by Crippen LogP contribution is 2.13. The minimum atomic E-state index is 0.279. The maximum Gasteiger partial charge on any atom is 0.203 e. The van der Waals surface area contributed by atoms with Crippen LogP contribution in [-0.4, -0.2) is 43.0 Å². The van der Waals surface area contributed by atoms with E-state index >= 15 is 0 Å². The molecule has 0 fully saturated rings. The second kappa shape index (κ2) is 8.94. The van der Waals surface area contributed by atoms with E-state index < -0.39 is 0 Å². The topological polar surface area (TPSA) is 48.3 Å². The van der Waals surface area contributed by atoms with Gasteiger partial charge in [0, 0.05) is 32.7 Å². The molecule has 1 aromatic heterocycles. The van der Waals surface area contributed by atoms with Crippen molar-refractivity contribution in [1.82, 2.24) is 9.55 Å². The smallest absolute Gasteiger partial charge is 0.203 e. The van der Waals surface area contributed by atoms with E-state index in [1.807, 2.05) is 6.20 Å². The van der Waals surface area contributed by atoms with Gasteiger partial charge in [0.2, 0.25) is 5.95 Å². The molecule has 1 heterocycles. The average Bonchev–Trinajstić information content (AvgIpc) is 2.82. The number of imidazole rings is 1. The number of nitrogens with zero attached hydrogens (tertiary/aromatic N) is 2. The lowest BCUT2D eigenvalue weighted by molar-refractivity contribution is 0.140. The van der Waals surface area contributed by atoms with Crippen LogP contribution < -0.4 is 5.32 Å². The normalized spacial score (nSPS) is 12.6. The van der Waals surface area contributed by atoms with Gasteiger partial charge in [-0.2, -0.15) is 0 Å². The third kappa shape index (κ3) is 5.06. The standard InChI is InChI=1S/C13H25N3O2/c1-4-5-9-18-10-7-15-13-14-6-8-16(13)12(2)11-17-3/h6,8,12H,4-5,7,9-11H2,1-3H3,(H,14,15). The largest absolute Gasteiger partial charge is 0.383 e. The number of rotatable bonds is 10. The summed E-state index contributed by atoms with van der Waals surface area (Å²) < 4.78 is 12.7. The van der Waals surface area contributed by atoms with Crippen molar-refractivity contribution in [1.29, 1.82) is 0 Å². The van der Waals surface area contributed by atoms with Crippen LogP contribution in [0.5, 0.6) is 0 Å². The summed E-state index contributed by atoms with van der Waals surface area (Å²) in [6.45, 7) is 7.28. The number of aromatic nitrogens is 2. The van der Waals surface area contributed by atoms with Crippen LogP contribution in [0.25, 0.3) is 0 Å². The first-order valence-electron chi connectivity index (χ1n) is 6.63. The minimum Gasteiger partial charge on any atom is -0.383 e. The van der Waals surface area contributed by atoms with E-state index in [4.69, 9.17) is 9.47 Å². The zero-order valence-electron chi connectivity index (χ0n) is 11.7. The van der Waals surface area contributed by atoms with Gasteiger partial charge in [-0.1, -0.05) is 13.3 Å². The van der Waals surface area contributed by atoms with Gasteiger partial charge < -0.3 is 19.4 Å². The molecule has 0 aromatic carbocycles. The molecule has 1 unspecified atom stereocenters. The average molecular weight is 255 g/mol. The van der Waals surface area contributed by atoms with Crippen molar-refractivity contribution in [3.8, 4) is 0 Å². The Morgan fingerprint density at radius 3 is 3.00 bits per heavy atom. The van der Waals surface area contributed by atoms with Crippen LogP contribution in [0.2, 0.25) is 0 Å². The van der Waals surface area contributed by atoms with Gasteiger partial charge in [0.05, 0.1) is 19.3 Å². The maximum atomic E-state index is 5.50. The Hall–Kier alpha value is -1.07. The van der Waals surface area contributed by atoms with Gasteiger partial charge in [0.15, 0.2) is 0 Å². The number of hydrogen-bond acceptors (Lipinski definition) is 4. The van der Waals surface area contributed by atoms with Crippen LogP contribution >= 0.6 is 0 Å². The SMILES string of the molecule is CCCCOCCNc1nccn1C(C)COC. The molecule has 0 aliphatic carbocycles. The summed E-state index contributed by atoms with van der Waals surface area (Å²) in [4.78, 5) is 4.29. The summed E-state index contributed by atoms with van der Waals surface area (Å²) in [7, 11) is 1.71. The third-order valence-electron chi connectivity index (χ3n) is 2.72. The molecule has 0 saturated carbocycles. The summed E-state index contributed by atoms with van der Waals surface area (Å²) in [5.74, 6) is 0.874. The summed E-state index contributed by atoms with van der Waals surface area (Å²) in [6, 6.07) is 0.279. The van der Waals surface area contributed by atoms with Crippen molar-refractivity contribution in [3.05, 3.63) is 12.4 Å². The summed E-state index contributed by atoms with van der Waals surface area (Å²) >= 11 is 0. The molecule has 5 nitrogen and oxygen atoms in total. The van der Waals surface area contributed by atoms with Gasteiger partial charge in [0.1, 0.15) is 0 Å². The maximum absolute atomic E-state index is 5.50. The van der Waals surface area contributed by atoms with Crippen molar-refractivity contribution < 1.29 is 9.47 Å². The number of methoxy groups -OCH3 is 1. The van der Waals surface area contributed by atoms with Gasteiger partial charge in [-0.25, -0.2) is 4.98 Å². The number of nitrogens with one attached hydrogen (secondary N) is 1. The summed E-state index contributed by atoms with van der Waals surface area (Å²) in [6.07, 6.45) is 6.06. The van der Waals surface area contributed by atoms with Crippen LogP contribution in [0.4, 0.5) is 5.95 Å². The molecular formula is C13H25N3O2. The zero-order chi connectivity index (χ0) is 13.2. The molecule has 1 aromatic rings. The van der Waals surface area contributed by atoms with Crippen LogP contribution in [0.1, 0.15) is 32.7 Å². The fourth-order valence-corrected chi connectivity index (χ4v) is 1.71. The summed E-state index contributed by atoms with van der Waals surface area (Å²) in [5.41, 5.74) is 0. The highest BCUT2D eigenvalue weighted by Gasteiger charge is 2.08. The number of unbranched alkanes of at least 4 members (excludes halogenated alkanes) is 1. The molecule has 0 bridgehead atoms. The van der Waals surface area contributed by atoms with Gasteiger partial charge in [0.25, 0.3) is 0 Å². The first kappa shape index (κ1) is 15.0. The lowest BCUT2D eigenvalue weighted by Crippen LogP contribution is -2.17. The molecule has 1 rings (SSSR count). The molecule has 0 spiro atoms. The van der Waals surface area contributed by atoms with E-state index in [9.17, 15) is 0 Å². The molecule has 0 saturated heterocycles. The molecule has 0 amide bonds. The van der Waals surface area contributed by atoms with Gasteiger partial charge in [-0.15, -0.1) is 0 Å². The van der Waals surface area contributed by atoms with E-state index in [2.05, 4.69) is 28.7 Å². The molecular weight excluding hydrogens is 230 g/mol. The highest BCUT2D eigenvalue weighted by molar-refractivity contribution is 5.26. The predicted octanol–water partition coefficient (Wildman–Crippen LogP) is 2.32. The predicted molar refractivity (Wildman–Crippen MR) is 73.0 cm³/mol. The van der Waals surface area contributed by atoms with Crippen LogP contribution in [0.15, 0.2) is 12.4 Å². The minimum absolute atomic E-state index is 0.279. The molecule has 104 valence electrons. The number of anilines is 1. The second-order valence-corrected chi connectivity index (χ2v) is 4.36. The van der Waals surface area contributed by atoms with Crippen LogP contribution in [0, 0.1) is 0 Å². The Morgan fingerprint density at radius 2 is 2.28 bits per heavy atom. The van der Waals surface area contributed by atoms with Gasteiger partial charge in [-0.3, -0.25) is 0 Å². The van der Waals surface area contributed by atoms with E-state index in [0.717, 1.165) is 25.5 Å². The molecule has 5 heteroatoms. The van der Waals surface area contributed by atoms with E-state index in [1.165, 1.54) is 6.42 Å². The van der Waals surface area contributed by atoms with E-state index in [-0.39, 0.29) is 6.04 Å². The first-order valence-corrected chi connectivity index (χ1v) is 6.63. The van der Waals surface area contributed by atoms with Crippen LogP contribution in [-0.2, 0) is 9.47 Å². The fourth-order valence-electron chi connectivity index (χ4n) is 1.71. The summed E-state index contributed by atoms with van der Waals surface area (Å²) in [5, 5.41) is 3.28. The molecule has 0 aliphatic heterocycles. The number of hydrogen-bond donors (Lipinski definition) is 1. The monoisotopic (exact) mass is 255 g/mol. The lowest BCUT2D eigenvalue weighted by atomic mass is 10.3. The second-order valence-electron chi connectivity index (χ2n) is 4.36. The van der Waals surface area contributed by atoms with Crippen molar-refractivity contribution in [3.63, 3.8) is 0 Å². The van der Waals surface area contributed by atoms with E-state index in [1.54, 1.807) is 13.3 Å². The van der Waals surface area contributed by atoms with Crippen molar-refractivity contribution in [2.45, 2.75) is 32.7 Å². The van der Waals surface area contributed by atoms with Crippen molar-refractivity contribution in [2.75, 3.05) is 38.8 Å². The first-order chi connectivity index (χ1) is 8.79. The molecule has 18 heavy (non-hydrogen) atoms. The lowest BCUT2D eigenvalue weighted by Gasteiger charge is -2.16. The molecule has 0 radical (unpaired) electrons. The van der Waals surface area contributed by atoms with Gasteiger partial charge in [-0.05, 0) is 13.3 Å². The Morgan fingerprint density at radius 1 is 1.44 bits per heavy atom. The molecule has 0 aliphatic rings. The zero-order valence-corrected chi connectivity index (χ0v) is 11.7. The Labute approximate surface area is 109 Å². The fraction of sp³-hybridized carbons (Fsp3) is 0.769. The Bertz CT molecular complexity index is 315. The van der Waals surface area contributed by atoms with Crippen LogP contribution in [0.3, 0.4) is 0 Å². The van der Waals surface area contributed by atoms with Crippen molar-refractivity contribution >= 4 is 5.95 Å². The van der Waals surface area contributed by atoms with E-state index in [0.29, 0.717) is 13.2 Å². The van der Waals surface area contributed by atoms with Crippen molar-refractivity contribution in [2.24, 2.45) is 0 Å². The van der Waals surface area contributed by atoms with Gasteiger partial charge >= 0.3 is 0 Å². The Balaban J connectivity index is 2.27. The third-order valence-corrected chi connectivity index (χ3v) is 2.72. The highest BCUT2D eigenvalue weighted by atomic mass is 16.5. The molecule has 1 atom stereocenters. The Kier molecular flexibility index (Phi) is 7.44.